The van der Waals surface area contributed by atoms with Crippen LogP contribution in [0.3, 0.4) is 0 Å². The van der Waals surface area contributed by atoms with Crippen LogP contribution in [-0.4, -0.2) is 104 Å². The Morgan fingerprint density at radius 3 is 1.83 bits per heavy atom. The van der Waals surface area contributed by atoms with E-state index in [0.29, 0.717) is 17.2 Å². The lowest BCUT2D eigenvalue weighted by molar-refractivity contribution is -0.291. The summed E-state index contributed by atoms with van der Waals surface area (Å²) in [5.74, 6) is 0.524. The predicted octanol–water partition coefficient (Wildman–Crippen LogP) is 4.38. The standard InChI is InChI=1S/C50H50O16/c1-27(2)62-35-21-32(58-23-28-12-6-3-7-13-28)22-36-38(35)40(52)44(65-48-42(54)41(53)39(51)37(64-48)26-61-49-46(56)50(57)45(55)47(50)66-49)43(63-36)31-18-19-33(59-24-29-14-8-4-9-15-29)34(20-31)60-25-30-16-10-5-11-17-30/h3-22,27,37,39,41-42,45-49,51,53-57H,23-26H2,1-2H3/t37?,39-,41?,42?,45+,46?,47?,48+,49-,50?/m1/s1. The monoisotopic (exact) mass is 906 g/mol. The maximum absolute atomic E-state index is 15.0. The fraction of sp³-hybridized carbons (Fsp3) is 0.340. The minimum atomic E-state index is -1.92. The molecule has 16 heteroatoms. The van der Waals surface area contributed by atoms with Gasteiger partial charge < -0.3 is 73.0 Å². The van der Waals surface area contributed by atoms with Gasteiger partial charge in [-0.1, -0.05) is 91.0 Å². The Kier molecular flexibility index (Phi) is 13.0. The Hall–Kier alpha value is -6.05. The molecular formula is C50H50O16. The minimum absolute atomic E-state index is 0.0327. The fourth-order valence-electron chi connectivity index (χ4n) is 7.96. The average molecular weight is 907 g/mol. The van der Waals surface area contributed by atoms with Crippen molar-refractivity contribution in [1.29, 1.82) is 0 Å². The van der Waals surface area contributed by atoms with Crippen molar-refractivity contribution in [3.8, 4) is 40.1 Å². The zero-order valence-corrected chi connectivity index (χ0v) is 35.9. The van der Waals surface area contributed by atoms with Gasteiger partial charge in [-0.05, 0) is 48.7 Å². The number of aliphatic hydroxyl groups excluding tert-OH is 5. The van der Waals surface area contributed by atoms with Crippen molar-refractivity contribution in [1.82, 2.24) is 0 Å². The van der Waals surface area contributed by atoms with Crippen molar-refractivity contribution in [2.45, 2.75) is 101 Å². The molecule has 0 bridgehead atoms. The number of aliphatic hydroxyl groups is 6. The molecule has 0 amide bonds. The van der Waals surface area contributed by atoms with Crippen LogP contribution in [0.15, 0.2) is 131 Å². The molecule has 3 aliphatic rings. The van der Waals surface area contributed by atoms with Crippen LogP contribution in [0.4, 0.5) is 0 Å². The molecule has 2 saturated heterocycles. The fourth-order valence-corrected chi connectivity index (χ4v) is 7.96. The topological polar surface area (TPSA) is 225 Å². The Balaban J connectivity index is 1.11. The molecule has 6 N–H and O–H groups in total. The van der Waals surface area contributed by atoms with Crippen LogP contribution in [0, 0.1) is 0 Å². The first-order chi connectivity index (χ1) is 31.9. The summed E-state index contributed by atoms with van der Waals surface area (Å²) in [5, 5.41) is 64.3. The molecule has 66 heavy (non-hydrogen) atoms. The number of benzene rings is 5. The van der Waals surface area contributed by atoms with Gasteiger partial charge in [0.2, 0.25) is 17.5 Å². The first-order valence-corrected chi connectivity index (χ1v) is 21.6. The largest absolute Gasteiger partial charge is 0.490 e. The molecule has 1 aromatic heterocycles. The van der Waals surface area contributed by atoms with Gasteiger partial charge in [0.25, 0.3) is 0 Å². The van der Waals surface area contributed by atoms with Crippen molar-refractivity contribution >= 4 is 11.0 Å². The Morgan fingerprint density at radius 1 is 0.636 bits per heavy atom. The van der Waals surface area contributed by atoms with Gasteiger partial charge in [0.15, 0.2) is 29.2 Å². The van der Waals surface area contributed by atoms with Gasteiger partial charge in [-0.2, -0.15) is 0 Å². The van der Waals surface area contributed by atoms with E-state index >= 15 is 4.79 Å². The van der Waals surface area contributed by atoms with Crippen molar-refractivity contribution < 1.29 is 73.0 Å². The third-order valence-corrected chi connectivity index (χ3v) is 11.6. The molecule has 10 atom stereocenters. The first-order valence-electron chi connectivity index (χ1n) is 21.6. The van der Waals surface area contributed by atoms with Gasteiger partial charge in [0.05, 0.1) is 12.7 Å². The van der Waals surface area contributed by atoms with E-state index in [1.807, 2.05) is 91.0 Å². The van der Waals surface area contributed by atoms with E-state index in [4.69, 9.17) is 42.3 Å². The molecule has 6 unspecified atom stereocenters. The number of fused-ring (bicyclic) bond motifs is 2. The second-order valence-corrected chi connectivity index (χ2v) is 16.7. The maximum Gasteiger partial charge on any atom is 0.239 e. The molecule has 2 aliphatic heterocycles. The van der Waals surface area contributed by atoms with E-state index in [2.05, 4.69) is 0 Å². The summed E-state index contributed by atoms with van der Waals surface area (Å²) in [6, 6.07) is 36.6. The van der Waals surface area contributed by atoms with Crippen LogP contribution < -0.4 is 29.1 Å². The van der Waals surface area contributed by atoms with Gasteiger partial charge in [0, 0.05) is 17.7 Å². The zero-order valence-electron chi connectivity index (χ0n) is 35.9. The minimum Gasteiger partial charge on any atom is -0.490 e. The maximum atomic E-state index is 15.0. The quantitative estimate of drug-likeness (QED) is 0.0747. The molecule has 3 fully saturated rings. The highest BCUT2D eigenvalue weighted by atomic mass is 16.7. The van der Waals surface area contributed by atoms with Gasteiger partial charge in [-0.15, -0.1) is 0 Å². The molecule has 3 heterocycles. The van der Waals surface area contributed by atoms with E-state index < -0.39 is 84.8 Å². The summed E-state index contributed by atoms with van der Waals surface area (Å²) in [4.78, 5) is 15.0. The molecule has 9 rings (SSSR count). The highest BCUT2D eigenvalue weighted by Gasteiger charge is 2.76. The van der Waals surface area contributed by atoms with Crippen molar-refractivity contribution in [2.24, 2.45) is 0 Å². The van der Waals surface area contributed by atoms with Crippen molar-refractivity contribution in [2.75, 3.05) is 6.61 Å². The van der Waals surface area contributed by atoms with Crippen molar-refractivity contribution in [3.05, 3.63) is 148 Å². The highest BCUT2D eigenvalue weighted by Crippen LogP contribution is 2.50. The molecule has 0 spiro atoms. The van der Waals surface area contributed by atoms with Crippen LogP contribution in [0.2, 0.25) is 0 Å². The van der Waals surface area contributed by atoms with Gasteiger partial charge in [-0.3, -0.25) is 4.79 Å². The SMILES string of the molecule is CC(C)Oc1cc(OCc2ccccc2)cc2oc(-c3ccc(OCc4ccccc4)c(OCc4ccccc4)c3)c(O[C@@H]3OC(CO[C@@H]4OC5[C@H](O)C5(O)C4O)[C@@H](O)C(O)C3O)c(=O)c12. The third kappa shape index (κ3) is 9.20. The van der Waals surface area contributed by atoms with E-state index in [1.165, 1.54) is 0 Å². The second kappa shape index (κ2) is 19.0. The first kappa shape index (κ1) is 45.1. The Bertz CT molecular complexity index is 2660. The number of rotatable bonds is 17. The van der Waals surface area contributed by atoms with Gasteiger partial charge in [0.1, 0.15) is 85.0 Å². The molecule has 5 aromatic carbocycles. The lowest BCUT2D eigenvalue weighted by Gasteiger charge is -2.40. The van der Waals surface area contributed by atoms with Crippen molar-refractivity contribution in [3.63, 3.8) is 0 Å². The summed E-state index contributed by atoms with van der Waals surface area (Å²) in [6.07, 6.45) is -14.6. The van der Waals surface area contributed by atoms with E-state index in [1.54, 1.807) is 44.2 Å². The smallest absolute Gasteiger partial charge is 0.239 e. The van der Waals surface area contributed by atoms with Gasteiger partial charge >= 0.3 is 0 Å². The summed E-state index contributed by atoms with van der Waals surface area (Å²) < 4.78 is 54.9. The number of ether oxygens (including phenoxy) is 8. The van der Waals surface area contributed by atoms with E-state index in [-0.39, 0.29) is 47.9 Å². The zero-order chi connectivity index (χ0) is 46.1. The van der Waals surface area contributed by atoms with Crippen LogP contribution in [0.5, 0.6) is 28.7 Å². The van der Waals surface area contributed by atoms with Crippen LogP contribution in [0.25, 0.3) is 22.3 Å². The van der Waals surface area contributed by atoms with Crippen LogP contribution >= 0.6 is 0 Å². The van der Waals surface area contributed by atoms with E-state index in [0.717, 1.165) is 16.7 Å². The van der Waals surface area contributed by atoms with Crippen LogP contribution in [-0.2, 0) is 34.0 Å². The molecule has 0 radical (unpaired) electrons. The summed E-state index contributed by atoms with van der Waals surface area (Å²) in [7, 11) is 0. The predicted molar refractivity (Wildman–Crippen MR) is 235 cm³/mol. The average Bonchev–Trinajstić information content (AvgIpc) is 3.74. The second-order valence-electron chi connectivity index (χ2n) is 16.7. The Morgan fingerprint density at radius 2 is 1.24 bits per heavy atom. The lowest BCUT2D eigenvalue weighted by Crippen LogP contribution is -2.60. The number of hydrogen-bond donors (Lipinski definition) is 6. The number of hydrogen-bond acceptors (Lipinski definition) is 16. The molecule has 346 valence electrons. The molecule has 1 aliphatic carbocycles. The molecular weight excluding hydrogens is 857 g/mol. The summed E-state index contributed by atoms with van der Waals surface area (Å²) in [5.41, 5.74) is 0.368. The van der Waals surface area contributed by atoms with Crippen LogP contribution in [0.1, 0.15) is 30.5 Å². The third-order valence-electron chi connectivity index (χ3n) is 11.6. The summed E-state index contributed by atoms with van der Waals surface area (Å²) >= 11 is 0. The molecule has 16 nitrogen and oxygen atoms in total. The molecule has 1 saturated carbocycles. The lowest BCUT2D eigenvalue weighted by atomic mass is 9.99. The van der Waals surface area contributed by atoms with E-state index in [9.17, 15) is 30.6 Å². The highest BCUT2D eigenvalue weighted by molar-refractivity contribution is 5.89. The summed E-state index contributed by atoms with van der Waals surface area (Å²) in [6.45, 7) is 3.61. The Labute approximate surface area is 378 Å². The normalized spacial score (nSPS) is 26.8. The van der Waals surface area contributed by atoms with Gasteiger partial charge in [-0.25, -0.2) is 0 Å². The molecule has 6 aromatic rings.